The van der Waals surface area contributed by atoms with E-state index in [1.54, 1.807) is 13.2 Å². The van der Waals surface area contributed by atoms with Crippen molar-refractivity contribution in [3.63, 3.8) is 0 Å². The van der Waals surface area contributed by atoms with Gasteiger partial charge < -0.3 is 10.1 Å². The molecule has 84 valence electrons. The lowest BCUT2D eigenvalue weighted by Crippen LogP contribution is -2.06. The summed E-state index contributed by atoms with van der Waals surface area (Å²) < 4.78 is 4.95. The molecule has 6 heteroatoms. The molecule has 0 fully saturated rings. The first-order chi connectivity index (χ1) is 7.26. The Bertz CT molecular complexity index is 311. The third-order valence-electron chi connectivity index (χ3n) is 1.69. The molecule has 0 aliphatic rings. The maximum Gasteiger partial charge on any atom is 0.190 e. The minimum Gasteiger partial charge on any atom is -0.385 e. The number of halogens is 1. The van der Waals surface area contributed by atoms with Gasteiger partial charge in [-0.25, -0.2) is 9.97 Å². The molecule has 0 bridgehead atoms. The van der Waals surface area contributed by atoms with Gasteiger partial charge in [0.2, 0.25) is 0 Å². The zero-order valence-electron chi connectivity index (χ0n) is 8.79. The van der Waals surface area contributed by atoms with Gasteiger partial charge in [-0.2, -0.15) is 0 Å². The van der Waals surface area contributed by atoms with Crippen LogP contribution in [0.4, 0.5) is 5.82 Å². The first kappa shape index (κ1) is 12.5. The summed E-state index contributed by atoms with van der Waals surface area (Å²) in [6.07, 6.45) is 2.85. The van der Waals surface area contributed by atoms with Crippen molar-refractivity contribution in [2.75, 3.05) is 31.8 Å². The van der Waals surface area contributed by atoms with Crippen LogP contribution in [-0.4, -0.2) is 36.5 Å². The predicted octanol–water partition coefficient (Wildman–Crippen LogP) is 2.30. The number of hydrogen-bond acceptors (Lipinski definition) is 5. The fourth-order valence-corrected chi connectivity index (χ4v) is 1.62. The maximum absolute atomic E-state index is 5.84. The Morgan fingerprint density at radius 2 is 2.33 bits per heavy atom. The van der Waals surface area contributed by atoms with Crippen LogP contribution in [0.3, 0.4) is 0 Å². The summed E-state index contributed by atoms with van der Waals surface area (Å²) in [6, 6.07) is 1.72. The van der Waals surface area contributed by atoms with E-state index >= 15 is 0 Å². The van der Waals surface area contributed by atoms with Crippen molar-refractivity contribution < 1.29 is 4.74 Å². The van der Waals surface area contributed by atoms with Crippen LogP contribution >= 0.6 is 23.4 Å². The van der Waals surface area contributed by atoms with Gasteiger partial charge in [0, 0.05) is 26.3 Å². The number of methoxy groups -OCH3 is 1. The highest BCUT2D eigenvalue weighted by Crippen LogP contribution is 2.16. The van der Waals surface area contributed by atoms with E-state index in [0.717, 1.165) is 25.4 Å². The van der Waals surface area contributed by atoms with E-state index in [0.29, 0.717) is 10.3 Å². The summed E-state index contributed by atoms with van der Waals surface area (Å²) in [6.45, 7) is 1.55. The molecule has 4 nitrogen and oxygen atoms in total. The van der Waals surface area contributed by atoms with E-state index in [9.17, 15) is 0 Å². The van der Waals surface area contributed by atoms with Crippen LogP contribution in [0.2, 0.25) is 5.15 Å². The minimum absolute atomic E-state index is 0.462. The highest BCUT2D eigenvalue weighted by molar-refractivity contribution is 7.98. The molecule has 0 spiro atoms. The van der Waals surface area contributed by atoms with Gasteiger partial charge in [-0.05, 0) is 12.7 Å². The van der Waals surface area contributed by atoms with Gasteiger partial charge in [-0.3, -0.25) is 0 Å². The van der Waals surface area contributed by atoms with Crippen LogP contribution in [0.5, 0.6) is 0 Å². The van der Waals surface area contributed by atoms with Crippen molar-refractivity contribution >= 4 is 29.2 Å². The molecular weight excluding hydrogens is 234 g/mol. The quantitative estimate of drug-likeness (QED) is 0.362. The van der Waals surface area contributed by atoms with Crippen LogP contribution in [0.25, 0.3) is 0 Å². The average Bonchev–Trinajstić information content (AvgIpc) is 2.23. The number of ether oxygens (including phenoxy) is 1. The Hall–Kier alpha value is -0.520. The second kappa shape index (κ2) is 6.87. The Labute approximate surface area is 98.8 Å². The third-order valence-corrected chi connectivity index (χ3v) is 2.43. The monoisotopic (exact) mass is 247 g/mol. The second-order valence-electron chi connectivity index (χ2n) is 2.84. The molecule has 1 aromatic heterocycles. The number of thioether (sulfide) groups is 1. The Morgan fingerprint density at radius 1 is 1.53 bits per heavy atom. The second-order valence-corrected chi connectivity index (χ2v) is 4.00. The summed E-state index contributed by atoms with van der Waals surface area (Å²) in [5.74, 6) is 0.760. The summed E-state index contributed by atoms with van der Waals surface area (Å²) in [5.41, 5.74) is 0. The molecule has 1 aromatic rings. The van der Waals surface area contributed by atoms with Crippen LogP contribution in [0, 0.1) is 0 Å². The highest BCUT2D eigenvalue weighted by atomic mass is 35.5. The zero-order chi connectivity index (χ0) is 11.1. The lowest BCUT2D eigenvalue weighted by Gasteiger charge is -2.06. The molecular formula is C9H14ClN3OS. The van der Waals surface area contributed by atoms with E-state index < -0.39 is 0 Å². The van der Waals surface area contributed by atoms with Crippen LogP contribution in [0.1, 0.15) is 6.42 Å². The smallest absolute Gasteiger partial charge is 0.190 e. The van der Waals surface area contributed by atoms with E-state index in [1.165, 1.54) is 11.8 Å². The van der Waals surface area contributed by atoms with Gasteiger partial charge in [0.25, 0.3) is 0 Å². The largest absolute Gasteiger partial charge is 0.385 e. The zero-order valence-corrected chi connectivity index (χ0v) is 10.4. The molecule has 0 amide bonds. The minimum atomic E-state index is 0.462. The fraction of sp³-hybridized carbons (Fsp3) is 0.556. The molecule has 0 radical (unpaired) electrons. The van der Waals surface area contributed by atoms with E-state index in [-0.39, 0.29) is 0 Å². The van der Waals surface area contributed by atoms with Gasteiger partial charge in [0.05, 0.1) is 0 Å². The number of rotatable bonds is 6. The SMILES string of the molecule is COCCCNc1cc(Cl)nc(SC)n1. The molecule has 0 atom stereocenters. The van der Waals surface area contributed by atoms with Crippen molar-refractivity contribution in [2.24, 2.45) is 0 Å². The summed E-state index contributed by atoms with van der Waals surface area (Å²) in [4.78, 5) is 8.31. The van der Waals surface area contributed by atoms with E-state index in [1.807, 2.05) is 6.26 Å². The van der Waals surface area contributed by atoms with Crippen LogP contribution in [0.15, 0.2) is 11.2 Å². The topological polar surface area (TPSA) is 47.0 Å². The van der Waals surface area contributed by atoms with Crippen LogP contribution in [-0.2, 0) is 4.74 Å². The average molecular weight is 248 g/mol. The molecule has 0 aliphatic carbocycles. The third kappa shape index (κ3) is 4.68. The fourth-order valence-electron chi connectivity index (χ4n) is 1.01. The molecule has 0 saturated carbocycles. The molecule has 0 saturated heterocycles. The molecule has 1 N–H and O–H groups in total. The normalized spacial score (nSPS) is 10.3. The first-order valence-corrected chi connectivity index (χ1v) is 6.18. The van der Waals surface area contributed by atoms with Crippen molar-refractivity contribution in [2.45, 2.75) is 11.6 Å². The van der Waals surface area contributed by atoms with Crippen molar-refractivity contribution in [1.29, 1.82) is 0 Å². The predicted molar refractivity (Wildman–Crippen MR) is 63.8 cm³/mol. The van der Waals surface area contributed by atoms with Gasteiger partial charge in [0.1, 0.15) is 11.0 Å². The van der Waals surface area contributed by atoms with Gasteiger partial charge in [0.15, 0.2) is 5.16 Å². The number of aromatic nitrogens is 2. The summed E-state index contributed by atoms with van der Waals surface area (Å²) >= 11 is 7.31. The van der Waals surface area contributed by atoms with Crippen molar-refractivity contribution in [3.8, 4) is 0 Å². The lowest BCUT2D eigenvalue weighted by molar-refractivity contribution is 0.197. The van der Waals surface area contributed by atoms with Gasteiger partial charge in [-0.15, -0.1) is 0 Å². The van der Waals surface area contributed by atoms with Crippen LogP contribution < -0.4 is 5.32 Å². The maximum atomic E-state index is 5.84. The van der Waals surface area contributed by atoms with Crippen molar-refractivity contribution in [1.82, 2.24) is 9.97 Å². The number of anilines is 1. The molecule has 0 unspecified atom stereocenters. The number of nitrogens with zero attached hydrogens (tertiary/aromatic N) is 2. The lowest BCUT2D eigenvalue weighted by atomic mass is 10.4. The molecule has 0 aliphatic heterocycles. The molecule has 15 heavy (non-hydrogen) atoms. The standard InChI is InChI=1S/C9H14ClN3OS/c1-14-5-3-4-11-8-6-7(10)12-9(13-8)15-2/h6H,3-5H2,1-2H3,(H,11,12,13). The highest BCUT2D eigenvalue weighted by Gasteiger charge is 2.01. The first-order valence-electron chi connectivity index (χ1n) is 4.57. The number of hydrogen-bond donors (Lipinski definition) is 1. The van der Waals surface area contributed by atoms with Gasteiger partial charge >= 0.3 is 0 Å². The molecule has 1 rings (SSSR count). The van der Waals surface area contributed by atoms with Crippen molar-refractivity contribution in [3.05, 3.63) is 11.2 Å². The Balaban J connectivity index is 2.49. The Kier molecular flexibility index (Phi) is 5.75. The molecule has 1 heterocycles. The van der Waals surface area contributed by atoms with E-state index in [2.05, 4.69) is 15.3 Å². The molecule has 0 aromatic carbocycles. The number of nitrogens with one attached hydrogen (secondary N) is 1. The summed E-state index contributed by atoms with van der Waals surface area (Å²) in [5, 5.41) is 4.31. The van der Waals surface area contributed by atoms with Gasteiger partial charge in [-0.1, -0.05) is 23.4 Å². The Morgan fingerprint density at radius 3 is 3.00 bits per heavy atom. The summed E-state index contributed by atoms with van der Waals surface area (Å²) in [7, 11) is 1.69. The van der Waals surface area contributed by atoms with E-state index in [4.69, 9.17) is 16.3 Å².